The van der Waals surface area contributed by atoms with Crippen LogP contribution >= 0.6 is 0 Å². The maximum absolute atomic E-state index is 13.8. The predicted molar refractivity (Wildman–Crippen MR) is 129 cm³/mol. The largest absolute Gasteiger partial charge is 0.419 e. The van der Waals surface area contributed by atoms with Crippen LogP contribution in [0, 0.1) is 0 Å². The quantitative estimate of drug-likeness (QED) is 0.473. The van der Waals surface area contributed by atoms with Gasteiger partial charge in [0.15, 0.2) is 5.03 Å². The van der Waals surface area contributed by atoms with E-state index in [1.807, 2.05) is 7.05 Å². The van der Waals surface area contributed by atoms with Gasteiger partial charge in [-0.1, -0.05) is 6.07 Å². The summed E-state index contributed by atoms with van der Waals surface area (Å²) in [5.41, 5.74) is -0.909. The average molecular weight is 537 g/mol. The summed E-state index contributed by atoms with van der Waals surface area (Å²) in [7, 11) is -1.83. The van der Waals surface area contributed by atoms with Gasteiger partial charge in [-0.25, -0.2) is 23.4 Å². The molecule has 198 valence electrons. The van der Waals surface area contributed by atoms with Crippen molar-refractivity contribution in [3.8, 4) is 11.3 Å². The van der Waals surface area contributed by atoms with Gasteiger partial charge in [0, 0.05) is 49.3 Å². The number of halogens is 3. The third kappa shape index (κ3) is 5.31. The molecular formula is C23H27F3N8O2S. The van der Waals surface area contributed by atoms with Crippen LogP contribution in [0.2, 0.25) is 0 Å². The van der Waals surface area contributed by atoms with Gasteiger partial charge in [-0.3, -0.25) is 4.68 Å². The highest BCUT2D eigenvalue weighted by atomic mass is 32.2. The van der Waals surface area contributed by atoms with E-state index in [-0.39, 0.29) is 47.4 Å². The van der Waals surface area contributed by atoms with Crippen molar-refractivity contribution in [1.29, 1.82) is 0 Å². The van der Waals surface area contributed by atoms with Crippen molar-refractivity contribution in [2.45, 2.75) is 55.0 Å². The minimum atomic E-state index is -4.63. The molecule has 0 aromatic carbocycles. The van der Waals surface area contributed by atoms with E-state index >= 15 is 0 Å². The van der Waals surface area contributed by atoms with Gasteiger partial charge in [-0.15, -0.1) is 0 Å². The van der Waals surface area contributed by atoms with E-state index in [1.165, 1.54) is 22.8 Å². The maximum Gasteiger partial charge on any atom is 0.419 e. The lowest BCUT2D eigenvalue weighted by Gasteiger charge is -2.35. The second-order valence-electron chi connectivity index (χ2n) is 9.26. The second kappa shape index (κ2) is 9.99. The van der Waals surface area contributed by atoms with E-state index in [0.717, 1.165) is 19.0 Å². The summed E-state index contributed by atoms with van der Waals surface area (Å²) in [6.07, 6.45) is 3.17. The van der Waals surface area contributed by atoms with Crippen LogP contribution in [0.5, 0.6) is 0 Å². The van der Waals surface area contributed by atoms with Gasteiger partial charge in [-0.05, 0) is 44.9 Å². The number of sulfonamides is 1. The Morgan fingerprint density at radius 2 is 1.81 bits per heavy atom. The van der Waals surface area contributed by atoms with Crippen LogP contribution in [-0.2, 0) is 16.2 Å². The highest BCUT2D eigenvalue weighted by Gasteiger charge is 2.37. The number of alkyl halides is 3. The molecule has 4 heterocycles. The maximum atomic E-state index is 13.8. The van der Waals surface area contributed by atoms with Crippen molar-refractivity contribution in [2.75, 3.05) is 25.5 Å². The number of piperidine rings is 1. The zero-order valence-corrected chi connectivity index (χ0v) is 20.9. The van der Waals surface area contributed by atoms with Crippen molar-refractivity contribution in [3.05, 3.63) is 48.5 Å². The number of nitrogens with zero attached hydrogens (tertiary/aromatic N) is 6. The first-order chi connectivity index (χ1) is 17.6. The Bertz CT molecular complexity index is 1340. The van der Waals surface area contributed by atoms with E-state index in [1.54, 1.807) is 23.0 Å². The zero-order valence-electron chi connectivity index (χ0n) is 20.1. The lowest BCUT2D eigenvalue weighted by molar-refractivity contribution is -0.137. The molecule has 1 aliphatic carbocycles. The van der Waals surface area contributed by atoms with Gasteiger partial charge >= 0.3 is 6.18 Å². The summed E-state index contributed by atoms with van der Waals surface area (Å²) in [5, 5.41) is 10.5. The predicted octanol–water partition coefficient (Wildman–Crippen LogP) is 2.94. The Labute approximate surface area is 212 Å². The number of hydrogen-bond donors (Lipinski definition) is 2. The second-order valence-corrected chi connectivity index (χ2v) is 11.1. The lowest BCUT2D eigenvalue weighted by atomic mass is 9.87. The molecule has 14 heteroatoms. The van der Waals surface area contributed by atoms with Crippen LogP contribution in [0.4, 0.5) is 19.1 Å². The molecule has 10 nitrogen and oxygen atoms in total. The van der Waals surface area contributed by atoms with E-state index < -0.39 is 21.8 Å². The van der Waals surface area contributed by atoms with Crippen LogP contribution in [0.3, 0.4) is 0 Å². The number of anilines is 1. The lowest BCUT2D eigenvalue weighted by Crippen LogP contribution is -2.42. The van der Waals surface area contributed by atoms with E-state index in [0.29, 0.717) is 18.9 Å². The van der Waals surface area contributed by atoms with Crippen molar-refractivity contribution in [3.63, 3.8) is 0 Å². The third-order valence-corrected chi connectivity index (χ3v) is 8.71. The van der Waals surface area contributed by atoms with Crippen LogP contribution in [-0.4, -0.2) is 69.7 Å². The molecule has 1 aliphatic heterocycles. The molecule has 0 atom stereocenters. The Morgan fingerprint density at radius 1 is 1.05 bits per heavy atom. The number of hydrogen-bond acceptors (Lipinski definition) is 8. The molecule has 0 amide bonds. The van der Waals surface area contributed by atoms with Crippen LogP contribution in [0.1, 0.15) is 37.3 Å². The fraction of sp³-hybridized carbons (Fsp3) is 0.478. The van der Waals surface area contributed by atoms with Crippen molar-refractivity contribution >= 4 is 16.0 Å². The summed E-state index contributed by atoms with van der Waals surface area (Å²) >= 11 is 0. The standard InChI is InChI=1S/C23H27F3N8O2S/c1-27-17-10-18(11-17)34-14-15(12-30-34)21-19(23(24,25)26)13-29-22(32-21)31-16-5-8-33(9-6-16)37(35,36)20-4-2-3-7-28-20/h2-4,7,12-14,16-18,27H,5-6,8-11H2,1H3,(H,29,31,32)/t17-,18-. The monoisotopic (exact) mass is 536 g/mol. The Kier molecular flexibility index (Phi) is 6.89. The molecule has 3 aromatic rings. The molecule has 1 saturated heterocycles. The molecule has 3 aromatic heterocycles. The number of nitrogens with one attached hydrogen (secondary N) is 2. The third-order valence-electron chi connectivity index (χ3n) is 6.89. The first kappa shape index (κ1) is 25.5. The highest BCUT2D eigenvalue weighted by molar-refractivity contribution is 7.89. The molecule has 2 aliphatic rings. The minimum Gasteiger partial charge on any atom is -0.351 e. The van der Waals surface area contributed by atoms with Gasteiger partial charge in [0.25, 0.3) is 10.0 Å². The van der Waals surface area contributed by atoms with Crippen LogP contribution in [0.15, 0.2) is 48.0 Å². The smallest absolute Gasteiger partial charge is 0.351 e. The van der Waals surface area contributed by atoms with Gasteiger partial charge < -0.3 is 10.6 Å². The fourth-order valence-electron chi connectivity index (χ4n) is 4.63. The Balaban J connectivity index is 1.30. The van der Waals surface area contributed by atoms with Gasteiger partial charge in [0.1, 0.15) is 5.56 Å². The van der Waals surface area contributed by atoms with E-state index in [4.69, 9.17) is 0 Å². The molecule has 0 radical (unpaired) electrons. The van der Waals surface area contributed by atoms with Crippen LogP contribution in [0.25, 0.3) is 11.3 Å². The summed E-state index contributed by atoms with van der Waals surface area (Å²) in [4.78, 5) is 12.1. The molecule has 5 rings (SSSR count). The Hall–Kier alpha value is -3.10. The van der Waals surface area contributed by atoms with Crippen LogP contribution < -0.4 is 10.6 Å². The molecule has 37 heavy (non-hydrogen) atoms. The first-order valence-electron chi connectivity index (χ1n) is 12.0. The van der Waals surface area contributed by atoms with Crippen molar-refractivity contribution in [1.82, 2.24) is 34.4 Å². The molecule has 0 bridgehead atoms. The topological polar surface area (TPSA) is 118 Å². The normalized spacial score (nSPS) is 21.5. The SMILES string of the molecule is CN[C@H]1C[C@H](n2cc(-c3nc(NC4CCN(S(=O)(=O)c5ccccn5)CC4)ncc3C(F)(F)F)cn2)C1. The van der Waals surface area contributed by atoms with E-state index in [9.17, 15) is 21.6 Å². The van der Waals surface area contributed by atoms with Crippen molar-refractivity contribution in [2.24, 2.45) is 0 Å². The van der Waals surface area contributed by atoms with Gasteiger partial charge in [0.05, 0.1) is 17.9 Å². The zero-order chi connectivity index (χ0) is 26.2. The van der Waals surface area contributed by atoms with E-state index in [2.05, 4.69) is 30.7 Å². The van der Waals surface area contributed by atoms with Gasteiger partial charge in [-0.2, -0.15) is 22.6 Å². The summed E-state index contributed by atoms with van der Waals surface area (Å²) in [6, 6.07) is 5.02. The molecule has 0 unspecified atom stereocenters. The number of pyridine rings is 1. The molecular weight excluding hydrogens is 509 g/mol. The number of rotatable bonds is 7. The molecule has 0 spiro atoms. The summed E-state index contributed by atoms with van der Waals surface area (Å²) < 4.78 is 69.9. The summed E-state index contributed by atoms with van der Waals surface area (Å²) in [6.45, 7) is 0.484. The number of aromatic nitrogens is 5. The summed E-state index contributed by atoms with van der Waals surface area (Å²) in [5.74, 6) is 0.0562. The first-order valence-corrected chi connectivity index (χ1v) is 13.4. The minimum absolute atomic E-state index is 0.0129. The molecule has 2 N–H and O–H groups in total. The van der Waals surface area contributed by atoms with Gasteiger partial charge in [0.2, 0.25) is 5.95 Å². The highest BCUT2D eigenvalue weighted by Crippen LogP contribution is 2.38. The molecule has 2 fully saturated rings. The Morgan fingerprint density at radius 3 is 2.46 bits per heavy atom. The molecule has 1 saturated carbocycles. The fourth-order valence-corrected chi connectivity index (χ4v) is 6.03. The average Bonchev–Trinajstić information content (AvgIpc) is 3.33. The van der Waals surface area contributed by atoms with Crippen molar-refractivity contribution < 1.29 is 21.6 Å².